The molecule has 1 atom stereocenters. The van der Waals surface area contributed by atoms with E-state index in [0.29, 0.717) is 18.5 Å². The molecule has 1 unspecified atom stereocenters. The molecule has 1 aliphatic heterocycles. The third kappa shape index (κ3) is 7.70. The number of ether oxygens (including phenoxy) is 1. The number of rotatable bonds is 8. The summed E-state index contributed by atoms with van der Waals surface area (Å²) in [7, 11) is 1.81. The fraction of sp³-hybridized carbons (Fsp3) is 0.609. The first-order chi connectivity index (χ1) is 15.0. The van der Waals surface area contributed by atoms with Gasteiger partial charge in [-0.1, -0.05) is 19.9 Å². The number of hydrogen-bond acceptors (Lipinski definition) is 5. The quantitative estimate of drug-likeness (QED) is 0.297. The molecule has 3 heterocycles. The number of aromatic nitrogens is 3. The summed E-state index contributed by atoms with van der Waals surface area (Å²) in [5, 5.41) is 11.4. The van der Waals surface area contributed by atoms with Crippen LogP contribution in [-0.2, 0) is 11.3 Å². The zero-order chi connectivity index (χ0) is 22.2. The monoisotopic (exact) mass is 555 g/mol. The van der Waals surface area contributed by atoms with E-state index in [4.69, 9.17) is 4.74 Å². The van der Waals surface area contributed by atoms with Crippen LogP contribution in [0.2, 0.25) is 0 Å². The highest BCUT2D eigenvalue weighted by molar-refractivity contribution is 14.0. The highest BCUT2D eigenvalue weighted by Crippen LogP contribution is 2.13. The van der Waals surface area contributed by atoms with Crippen molar-refractivity contribution in [1.82, 2.24) is 30.3 Å². The number of nitrogens with zero attached hydrogens (tertiary/aromatic N) is 5. The third-order valence-corrected chi connectivity index (χ3v) is 5.53. The second kappa shape index (κ2) is 13.1. The molecule has 0 saturated carbocycles. The Hall–Kier alpha value is -1.72. The highest BCUT2D eigenvalue weighted by atomic mass is 127. The number of pyridine rings is 1. The largest absolute Gasteiger partial charge is 0.379 e. The van der Waals surface area contributed by atoms with Crippen molar-refractivity contribution in [1.29, 1.82) is 0 Å². The molecule has 32 heavy (non-hydrogen) atoms. The van der Waals surface area contributed by atoms with E-state index in [1.54, 1.807) is 0 Å². The Labute approximate surface area is 209 Å². The van der Waals surface area contributed by atoms with E-state index >= 15 is 0 Å². The van der Waals surface area contributed by atoms with Crippen LogP contribution in [0.15, 0.2) is 29.4 Å². The Balaban J connectivity index is 0.00000363. The molecule has 3 rings (SSSR count). The molecule has 0 spiro atoms. The molecule has 2 aromatic heterocycles. The van der Waals surface area contributed by atoms with Crippen LogP contribution in [0.5, 0.6) is 0 Å². The van der Waals surface area contributed by atoms with Crippen molar-refractivity contribution in [3.8, 4) is 5.82 Å². The number of aryl methyl sites for hydroxylation is 2. The maximum Gasteiger partial charge on any atom is 0.191 e. The molecule has 0 radical (unpaired) electrons. The minimum absolute atomic E-state index is 0. The molecule has 0 bridgehead atoms. The van der Waals surface area contributed by atoms with Gasteiger partial charge in [0.2, 0.25) is 0 Å². The predicted octanol–water partition coefficient (Wildman–Crippen LogP) is 2.91. The minimum atomic E-state index is 0. The van der Waals surface area contributed by atoms with E-state index in [9.17, 15) is 0 Å². The van der Waals surface area contributed by atoms with Crippen LogP contribution in [0.4, 0.5) is 0 Å². The van der Waals surface area contributed by atoms with Crippen molar-refractivity contribution in [2.45, 2.75) is 46.7 Å². The minimum Gasteiger partial charge on any atom is -0.379 e. The molecule has 178 valence electrons. The summed E-state index contributed by atoms with van der Waals surface area (Å²) in [6.45, 7) is 13.8. The fourth-order valence-electron chi connectivity index (χ4n) is 3.98. The van der Waals surface area contributed by atoms with Crippen molar-refractivity contribution in [2.24, 2.45) is 10.9 Å². The maximum atomic E-state index is 5.52. The smallest absolute Gasteiger partial charge is 0.191 e. The van der Waals surface area contributed by atoms with Crippen molar-refractivity contribution >= 4 is 29.9 Å². The van der Waals surface area contributed by atoms with E-state index in [0.717, 1.165) is 68.0 Å². The van der Waals surface area contributed by atoms with E-state index in [1.807, 2.05) is 37.8 Å². The van der Waals surface area contributed by atoms with Crippen LogP contribution in [0.25, 0.3) is 5.82 Å². The molecule has 9 heteroatoms. The Morgan fingerprint density at radius 1 is 1.19 bits per heavy atom. The summed E-state index contributed by atoms with van der Waals surface area (Å²) < 4.78 is 7.39. The lowest BCUT2D eigenvalue weighted by atomic mass is 10.0. The molecule has 0 aromatic carbocycles. The second-order valence-corrected chi connectivity index (χ2v) is 8.60. The van der Waals surface area contributed by atoms with Crippen LogP contribution in [0.3, 0.4) is 0 Å². The Bertz CT molecular complexity index is 845. The van der Waals surface area contributed by atoms with Gasteiger partial charge in [-0.3, -0.25) is 9.89 Å². The van der Waals surface area contributed by atoms with Gasteiger partial charge in [-0.2, -0.15) is 5.10 Å². The number of guanidine groups is 1. The predicted molar refractivity (Wildman–Crippen MR) is 140 cm³/mol. The first kappa shape index (κ1) is 26.5. The fourth-order valence-corrected chi connectivity index (χ4v) is 3.98. The van der Waals surface area contributed by atoms with E-state index in [1.165, 1.54) is 0 Å². The van der Waals surface area contributed by atoms with Crippen molar-refractivity contribution in [3.63, 3.8) is 0 Å². The molecular formula is C23H38IN7O. The lowest BCUT2D eigenvalue weighted by molar-refractivity contribution is 0.0132. The van der Waals surface area contributed by atoms with Crippen molar-refractivity contribution < 1.29 is 4.74 Å². The summed E-state index contributed by atoms with van der Waals surface area (Å²) in [4.78, 5) is 11.5. The topological polar surface area (TPSA) is 79.6 Å². The van der Waals surface area contributed by atoms with Gasteiger partial charge in [-0.15, -0.1) is 24.0 Å². The summed E-state index contributed by atoms with van der Waals surface area (Å²) in [5.41, 5.74) is 3.17. The summed E-state index contributed by atoms with van der Waals surface area (Å²) in [6, 6.07) is 6.61. The number of halogens is 1. The first-order valence-electron chi connectivity index (χ1n) is 11.2. The zero-order valence-corrected chi connectivity index (χ0v) is 22.3. The van der Waals surface area contributed by atoms with E-state index < -0.39 is 0 Å². The molecule has 2 aromatic rings. The molecule has 1 fully saturated rings. The molecule has 0 aliphatic carbocycles. The van der Waals surface area contributed by atoms with Crippen LogP contribution in [0.1, 0.15) is 37.2 Å². The van der Waals surface area contributed by atoms with Gasteiger partial charge in [-0.25, -0.2) is 9.67 Å². The van der Waals surface area contributed by atoms with Crippen LogP contribution < -0.4 is 10.6 Å². The standard InChI is InChI=1S/C23H37N7O.HI/c1-17(2)12-21(29-8-10-31-11-9-29)16-27-23(24-5)26-15-20-6-7-22(25-14-20)30-19(4)13-18(3)28-30;/h6-7,13-14,17,21H,8-12,15-16H2,1-5H3,(H2,24,26,27);1H. The summed E-state index contributed by atoms with van der Waals surface area (Å²) in [5.74, 6) is 2.29. The normalized spacial score (nSPS) is 16.0. The number of aliphatic imine (C=N–C) groups is 1. The van der Waals surface area contributed by atoms with E-state index in [-0.39, 0.29) is 24.0 Å². The molecule has 1 aliphatic rings. The number of morpholine rings is 1. The SMILES string of the molecule is CN=C(NCc1ccc(-n2nc(C)cc2C)nc1)NCC(CC(C)C)N1CCOCC1.I. The Kier molecular flexibility index (Phi) is 10.9. The zero-order valence-electron chi connectivity index (χ0n) is 20.0. The van der Waals surface area contributed by atoms with Crippen LogP contribution in [-0.4, -0.2) is 71.6 Å². The Morgan fingerprint density at radius 2 is 1.94 bits per heavy atom. The van der Waals surface area contributed by atoms with Gasteiger partial charge in [0, 0.05) is 51.2 Å². The highest BCUT2D eigenvalue weighted by Gasteiger charge is 2.22. The lowest BCUT2D eigenvalue weighted by Crippen LogP contribution is -2.50. The average molecular weight is 556 g/mol. The third-order valence-electron chi connectivity index (χ3n) is 5.53. The van der Waals surface area contributed by atoms with Gasteiger partial charge < -0.3 is 15.4 Å². The summed E-state index contributed by atoms with van der Waals surface area (Å²) >= 11 is 0. The van der Waals surface area contributed by atoms with Gasteiger partial charge in [0.05, 0.1) is 18.9 Å². The van der Waals surface area contributed by atoms with Crippen LogP contribution >= 0.6 is 24.0 Å². The molecule has 1 saturated heterocycles. The van der Waals surface area contributed by atoms with E-state index in [2.05, 4.69) is 56.6 Å². The van der Waals surface area contributed by atoms with Gasteiger partial charge in [0.25, 0.3) is 0 Å². The molecule has 8 nitrogen and oxygen atoms in total. The number of nitrogens with one attached hydrogen (secondary N) is 2. The Morgan fingerprint density at radius 3 is 2.50 bits per heavy atom. The summed E-state index contributed by atoms with van der Waals surface area (Å²) in [6.07, 6.45) is 3.04. The van der Waals surface area contributed by atoms with Crippen molar-refractivity contribution in [2.75, 3.05) is 39.9 Å². The maximum absolute atomic E-state index is 5.52. The first-order valence-corrected chi connectivity index (χ1v) is 11.2. The molecular weight excluding hydrogens is 517 g/mol. The van der Waals surface area contributed by atoms with Gasteiger partial charge in [0.15, 0.2) is 11.8 Å². The molecule has 0 amide bonds. The van der Waals surface area contributed by atoms with Gasteiger partial charge in [0.1, 0.15) is 0 Å². The van der Waals surface area contributed by atoms with Gasteiger partial charge in [-0.05, 0) is 43.9 Å². The van der Waals surface area contributed by atoms with Crippen molar-refractivity contribution in [3.05, 3.63) is 41.3 Å². The lowest BCUT2D eigenvalue weighted by Gasteiger charge is -2.35. The van der Waals surface area contributed by atoms with Crippen LogP contribution in [0, 0.1) is 19.8 Å². The molecule has 2 N–H and O–H groups in total. The number of hydrogen-bond donors (Lipinski definition) is 2. The van der Waals surface area contributed by atoms with Gasteiger partial charge >= 0.3 is 0 Å². The average Bonchev–Trinajstić information content (AvgIpc) is 3.11. The second-order valence-electron chi connectivity index (χ2n) is 8.60.